The van der Waals surface area contributed by atoms with Gasteiger partial charge in [0.2, 0.25) is 5.91 Å². The normalized spacial score (nSPS) is 26.5. The summed E-state index contributed by atoms with van der Waals surface area (Å²) in [5.74, 6) is -0.146. The first kappa shape index (κ1) is 19.1. The monoisotopic (exact) mass is 363 g/mol. The first-order chi connectivity index (χ1) is 12.3. The lowest BCUT2D eigenvalue weighted by molar-refractivity contribution is -0.134. The fraction of sp³-hybridized carbons (Fsp3) is 0.650. The molecule has 0 bridgehead atoms. The van der Waals surface area contributed by atoms with Crippen molar-refractivity contribution in [1.82, 2.24) is 10.2 Å². The number of amides is 1. The average molecular weight is 363 g/mol. The number of anilines is 1. The van der Waals surface area contributed by atoms with Crippen LogP contribution in [0.25, 0.3) is 0 Å². The van der Waals surface area contributed by atoms with E-state index in [0.717, 1.165) is 38.2 Å². The second-order valence-corrected chi connectivity index (χ2v) is 8.14. The number of carbonyl (C=O) groups excluding carboxylic acids is 1. The van der Waals surface area contributed by atoms with Crippen LogP contribution in [0.4, 0.5) is 10.1 Å². The van der Waals surface area contributed by atoms with Crippen molar-refractivity contribution in [1.29, 1.82) is 0 Å². The molecule has 2 fully saturated rings. The summed E-state index contributed by atoms with van der Waals surface area (Å²) in [5, 5.41) is 13.8. The van der Waals surface area contributed by atoms with Gasteiger partial charge in [-0.05, 0) is 63.4 Å². The first-order valence-electron chi connectivity index (χ1n) is 9.51. The molecule has 2 heterocycles. The molecule has 0 saturated carbocycles. The van der Waals surface area contributed by atoms with Crippen molar-refractivity contribution in [3.63, 3.8) is 0 Å². The predicted octanol–water partition coefficient (Wildman–Crippen LogP) is 2.01. The van der Waals surface area contributed by atoms with Gasteiger partial charge >= 0.3 is 0 Å². The molecule has 2 aliphatic heterocycles. The van der Waals surface area contributed by atoms with Crippen molar-refractivity contribution >= 4 is 11.6 Å². The molecule has 6 heteroatoms. The largest absolute Gasteiger partial charge is 0.388 e. The van der Waals surface area contributed by atoms with Crippen molar-refractivity contribution in [2.45, 2.75) is 38.2 Å². The number of hydrogen-bond donors (Lipinski definition) is 2. The number of nitrogens with zero attached hydrogens (tertiary/aromatic N) is 2. The fourth-order valence-corrected chi connectivity index (χ4v) is 4.37. The third kappa shape index (κ3) is 4.18. The van der Waals surface area contributed by atoms with Crippen LogP contribution in [0.15, 0.2) is 24.3 Å². The zero-order chi connectivity index (χ0) is 18.8. The van der Waals surface area contributed by atoms with E-state index in [0.29, 0.717) is 25.9 Å². The lowest BCUT2D eigenvalue weighted by Gasteiger charge is -2.45. The van der Waals surface area contributed by atoms with E-state index in [4.69, 9.17) is 0 Å². The Hall–Kier alpha value is -1.66. The summed E-state index contributed by atoms with van der Waals surface area (Å²) in [7, 11) is 1.69. The third-order valence-electron chi connectivity index (χ3n) is 5.95. The van der Waals surface area contributed by atoms with E-state index < -0.39 is 5.60 Å². The summed E-state index contributed by atoms with van der Waals surface area (Å²) in [6.45, 7) is 5.74. The molecule has 1 aromatic carbocycles. The smallest absolute Gasteiger partial charge is 0.226 e. The highest BCUT2D eigenvalue weighted by Crippen LogP contribution is 2.33. The van der Waals surface area contributed by atoms with Gasteiger partial charge in [-0.2, -0.15) is 0 Å². The van der Waals surface area contributed by atoms with Crippen molar-refractivity contribution in [2.24, 2.45) is 5.41 Å². The van der Waals surface area contributed by atoms with Crippen molar-refractivity contribution in [3.8, 4) is 0 Å². The molecule has 1 atom stereocenters. The van der Waals surface area contributed by atoms with E-state index in [1.54, 1.807) is 19.2 Å². The Balaban J connectivity index is 1.57. The van der Waals surface area contributed by atoms with E-state index >= 15 is 0 Å². The molecule has 2 aliphatic rings. The standard InChI is InChI=1S/C20H30FN3O2/c1-19(18(25)22-2)8-3-11-23(14-19)15-20(26)9-12-24(13-10-20)17-6-4-16(21)5-7-17/h4-7,26H,3,8-15H2,1-2H3,(H,22,25). The molecule has 3 rings (SSSR count). The fourth-order valence-electron chi connectivity index (χ4n) is 4.37. The molecular weight excluding hydrogens is 333 g/mol. The van der Waals surface area contributed by atoms with Gasteiger partial charge < -0.3 is 15.3 Å². The summed E-state index contributed by atoms with van der Waals surface area (Å²) in [4.78, 5) is 16.6. The van der Waals surface area contributed by atoms with Gasteiger partial charge in [0.15, 0.2) is 0 Å². The maximum Gasteiger partial charge on any atom is 0.226 e. The second-order valence-electron chi connectivity index (χ2n) is 8.14. The molecule has 144 valence electrons. The van der Waals surface area contributed by atoms with Crippen LogP contribution in [0, 0.1) is 11.2 Å². The van der Waals surface area contributed by atoms with Crippen LogP contribution in [-0.2, 0) is 4.79 Å². The maximum absolute atomic E-state index is 13.1. The molecule has 26 heavy (non-hydrogen) atoms. The molecule has 2 saturated heterocycles. The molecule has 1 unspecified atom stereocenters. The Morgan fingerprint density at radius 3 is 2.46 bits per heavy atom. The number of halogens is 1. The average Bonchev–Trinajstić information content (AvgIpc) is 2.62. The Labute approximate surface area is 155 Å². The number of likely N-dealkylation sites (tertiary alicyclic amines) is 1. The van der Waals surface area contributed by atoms with Crippen molar-refractivity contribution < 1.29 is 14.3 Å². The number of aliphatic hydroxyl groups is 1. The molecule has 0 aromatic heterocycles. The van der Waals surface area contributed by atoms with Gasteiger partial charge in [-0.1, -0.05) is 0 Å². The molecule has 1 amide bonds. The molecule has 2 N–H and O–H groups in total. The zero-order valence-corrected chi connectivity index (χ0v) is 15.8. The highest BCUT2D eigenvalue weighted by Gasteiger charge is 2.41. The van der Waals surface area contributed by atoms with Crippen LogP contribution in [0.1, 0.15) is 32.6 Å². The van der Waals surface area contributed by atoms with Gasteiger partial charge in [0.25, 0.3) is 0 Å². The van der Waals surface area contributed by atoms with Crippen LogP contribution < -0.4 is 10.2 Å². The number of benzene rings is 1. The molecule has 0 radical (unpaired) electrons. The van der Waals surface area contributed by atoms with E-state index in [-0.39, 0.29) is 17.1 Å². The predicted molar refractivity (Wildman–Crippen MR) is 101 cm³/mol. The quantitative estimate of drug-likeness (QED) is 0.859. The summed E-state index contributed by atoms with van der Waals surface area (Å²) in [6, 6.07) is 6.53. The van der Waals surface area contributed by atoms with E-state index in [2.05, 4.69) is 15.1 Å². The van der Waals surface area contributed by atoms with Crippen LogP contribution in [0.2, 0.25) is 0 Å². The Morgan fingerprint density at radius 1 is 1.19 bits per heavy atom. The number of nitrogens with one attached hydrogen (secondary N) is 1. The minimum atomic E-state index is -0.725. The van der Waals surface area contributed by atoms with Gasteiger partial charge in [-0.25, -0.2) is 4.39 Å². The van der Waals surface area contributed by atoms with Crippen molar-refractivity contribution in [3.05, 3.63) is 30.1 Å². The van der Waals surface area contributed by atoms with Crippen LogP contribution in [0.3, 0.4) is 0 Å². The summed E-state index contributed by atoms with van der Waals surface area (Å²) < 4.78 is 13.1. The van der Waals surface area contributed by atoms with Crippen LogP contribution in [0.5, 0.6) is 0 Å². The highest BCUT2D eigenvalue weighted by molar-refractivity contribution is 5.82. The SMILES string of the molecule is CNC(=O)C1(C)CCCN(CC2(O)CCN(c3ccc(F)cc3)CC2)C1. The Bertz CT molecular complexity index is 628. The Kier molecular flexibility index (Phi) is 5.53. The lowest BCUT2D eigenvalue weighted by Crippen LogP contribution is -2.56. The minimum absolute atomic E-state index is 0.0836. The maximum atomic E-state index is 13.1. The summed E-state index contributed by atoms with van der Waals surface area (Å²) in [6.07, 6.45) is 3.22. The summed E-state index contributed by atoms with van der Waals surface area (Å²) in [5.41, 5.74) is -0.103. The molecule has 1 aromatic rings. The molecule has 5 nitrogen and oxygen atoms in total. The number of piperidine rings is 2. The van der Waals surface area contributed by atoms with Gasteiger partial charge in [-0.3, -0.25) is 9.69 Å². The minimum Gasteiger partial charge on any atom is -0.388 e. The van der Waals surface area contributed by atoms with E-state index in [9.17, 15) is 14.3 Å². The third-order valence-corrected chi connectivity index (χ3v) is 5.95. The van der Waals surface area contributed by atoms with E-state index in [1.165, 1.54) is 12.1 Å². The van der Waals surface area contributed by atoms with Crippen molar-refractivity contribution in [2.75, 3.05) is 44.7 Å². The first-order valence-corrected chi connectivity index (χ1v) is 9.51. The van der Waals surface area contributed by atoms with Gasteiger partial charge in [-0.15, -0.1) is 0 Å². The zero-order valence-electron chi connectivity index (χ0n) is 15.8. The van der Waals surface area contributed by atoms with Crippen LogP contribution in [-0.4, -0.2) is 61.3 Å². The summed E-state index contributed by atoms with van der Waals surface area (Å²) >= 11 is 0. The number of rotatable bonds is 4. The van der Waals surface area contributed by atoms with Gasteiger partial charge in [0.1, 0.15) is 5.82 Å². The van der Waals surface area contributed by atoms with Gasteiger partial charge in [0, 0.05) is 38.9 Å². The van der Waals surface area contributed by atoms with Gasteiger partial charge in [0.05, 0.1) is 11.0 Å². The number of hydrogen-bond acceptors (Lipinski definition) is 4. The topological polar surface area (TPSA) is 55.8 Å². The van der Waals surface area contributed by atoms with E-state index in [1.807, 2.05) is 6.92 Å². The molecular formula is C20H30FN3O2. The lowest BCUT2D eigenvalue weighted by atomic mass is 9.80. The second kappa shape index (κ2) is 7.53. The Morgan fingerprint density at radius 2 is 1.85 bits per heavy atom. The number of carbonyl (C=O) groups is 1. The highest BCUT2D eigenvalue weighted by atomic mass is 19.1. The number of β-amino-alcohol motifs (C(OH)–C–C–N with tert-alkyl or cyclic N) is 1. The molecule has 0 spiro atoms. The van der Waals surface area contributed by atoms with Crippen LogP contribution >= 0.6 is 0 Å². The molecule has 0 aliphatic carbocycles.